The monoisotopic (exact) mass is 519 g/mol. The number of benzene rings is 2. The van der Waals surface area contributed by atoms with Crippen molar-refractivity contribution in [1.82, 2.24) is 20.3 Å². The van der Waals surface area contributed by atoms with Gasteiger partial charge in [-0.05, 0) is 92.1 Å². The molecule has 2 fully saturated rings. The van der Waals surface area contributed by atoms with Crippen LogP contribution in [0.4, 0.5) is 5.69 Å². The van der Waals surface area contributed by atoms with Gasteiger partial charge in [-0.25, -0.2) is 4.98 Å². The molecule has 2 bridgehead atoms. The molecule has 0 aliphatic heterocycles. The lowest BCUT2D eigenvalue weighted by Gasteiger charge is -2.47. The number of carbonyl (C=O) groups is 2. The third-order valence-corrected chi connectivity index (χ3v) is 8.27. The maximum Gasteiger partial charge on any atom is 0.255 e. The fourth-order valence-electron chi connectivity index (χ4n) is 6.58. The second kappa shape index (κ2) is 10.5. The van der Waals surface area contributed by atoms with Crippen molar-refractivity contribution in [2.24, 2.45) is 11.8 Å². The van der Waals surface area contributed by atoms with Gasteiger partial charge >= 0.3 is 0 Å². The van der Waals surface area contributed by atoms with Gasteiger partial charge in [0.05, 0.1) is 11.0 Å². The van der Waals surface area contributed by atoms with Gasteiger partial charge in [-0.15, -0.1) is 6.58 Å². The zero-order chi connectivity index (χ0) is 26.8. The third-order valence-electron chi connectivity index (χ3n) is 8.27. The Morgan fingerprint density at radius 1 is 0.974 bits per heavy atom. The molecule has 6 rings (SSSR count). The van der Waals surface area contributed by atoms with E-state index in [0.29, 0.717) is 34.5 Å². The van der Waals surface area contributed by atoms with Gasteiger partial charge in [-0.1, -0.05) is 25.3 Å². The first-order valence-corrected chi connectivity index (χ1v) is 13.8. The number of nitrogens with zero attached hydrogens (tertiary/aromatic N) is 2. The fraction of sp³-hybridized carbons (Fsp3) is 0.312. The van der Waals surface area contributed by atoms with E-state index in [9.17, 15) is 9.59 Å². The first-order valence-electron chi connectivity index (χ1n) is 13.8. The smallest absolute Gasteiger partial charge is 0.255 e. The van der Waals surface area contributed by atoms with Gasteiger partial charge in [0.2, 0.25) is 0 Å². The summed E-state index contributed by atoms with van der Waals surface area (Å²) in [5.74, 6) is 1.88. The maximum atomic E-state index is 13.4. The average Bonchev–Trinajstić information content (AvgIpc) is 3.37. The number of hydrogen-bond acceptors (Lipinski definition) is 4. The number of aromatic nitrogens is 3. The zero-order valence-corrected chi connectivity index (χ0v) is 22.0. The third kappa shape index (κ3) is 5.35. The number of fused-ring (bicyclic) bond motifs is 3. The lowest BCUT2D eigenvalue weighted by Crippen LogP contribution is -2.53. The number of rotatable bonds is 7. The largest absolute Gasteiger partial charge is 0.346 e. The summed E-state index contributed by atoms with van der Waals surface area (Å²) in [5, 5.41) is 6.33. The van der Waals surface area contributed by atoms with E-state index in [1.807, 2.05) is 48.5 Å². The predicted molar refractivity (Wildman–Crippen MR) is 153 cm³/mol. The summed E-state index contributed by atoms with van der Waals surface area (Å²) in [5.41, 5.74) is 4.17. The van der Waals surface area contributed by atoms with Crippen LogP contribution in [-0.2, 0) is 0 Å². The topological polar surface area (TPSA) is 99.8 Å². The number of nitrogens with one attached hydrogen (secondary N) is 3. The number of pyridine rings is 1. The van der Waals surface area contributed by atoms with Gasteiger partial charge < -0.3 is 15.6 Å². The molecule has 2 aromatic heterocycles. The van der Waals surface area contributed by atoms with Crippen LogP contribution >= 0.6 is 0 Å². The van der Waals surface area contributed by atoms with E-state index in [2.05, 4.69) is 27.2 Å². The molecule has 3 atom stereocenters. The maximum absolute atomic E-state index is 13.4. The average molecular weight is 520 g/mol. The van der Waals surface area contributed by atoms with Crippen molar-refractivity contribution >= 4 is 28.5 Å². The Kier molecular flexibility index (Phi) is 6.73. The van der Waals surface area contributed by atoms with Crippen molar-refractivity contribution in [3.63, 3.8) is 0 Å². The Bertz CT molecular complexity index is 1500. The number of hydrogen-bond donors (Lipinski definition) is 3. The molecule has 2 saturated carbocycles. The summed E-state index contributed by atoms with van der Waals surface area (Å²) in [6, 6.07) is 16.5. The highest BCUT2D eigenvalue weighted by atomic mass is 16.2. The molecule has 7 heteroatoms. The molecular weight excluding hydrogens is 486 g/mol. The molecule has 3 N–H and O–H groups in total. The minimum Gasteiger partial charge on any atom is -0.346 e. The predicted octanol–water partition coefficient (Wildman–Crippen LogP) is 6.52. The second-order valence-electron chi connectivity index (χ2n) is 11.1. The van der Waals surface area contributed by atoms with Crippen LogP contribution in [0.15, 0.2) is 79.6 Å². The summed E-state index contributed by atoms with van der Waals surface area (Å²) < 4.78 is 0. The van der Waals surface area contributed by atoms with Crippen molar-refractivity contribution in [1.29, 1.82) is 0 Å². The number of aromatic amines is 1. The minimum absolute atomic E-state index is 0.0378. The first-order chi connectivity index (χ1) is 19.0. The number of imidazole rings is 1. The number of carbonyl (C=O) groups excluding carboxylic acids is 2. The van der Waals surface area contributed by atoms with Crippen LogP contribution in [0, 0.1) is 11.8 Å². The van der Waals surface area contributed by atoms with Crippen LogP contribution in [0.2, 0.25) is 0 Å². The first kappa shape index (κ1) is 25.0. The van der Waals surface area contributed by atoms with Crippen LogP contribution in [0.3, 0.4) is 0 Å². The number of anilines is 1. The molecule has 39 heavy (non-hydrogen) atoms. The highest BCUT2D eigenvalue weighted by Crippen LogP contribution is 2.46. The zero-order valence-electron chi connectivity index (χ0n) is 22.0. The molecule has 2 amide bonds. The molecule has 0 spiro atoms. The molecule has 2 aromatic carbocycles. The van der Waals surface area contributed by atoms with E-state index in [4.69, 9.17) is 4.98 Å². The van der Waals surface area contributed by atoms with Gasteiger partial charge in [0.1, 0.15) is 5.82 Å². The van der Waals surface area contributed by atoms with E-state index in [1.165, 1.54) is 25.7 Å². The molecule has 0 radical (unpaired) electrons. The highest BCUT2D eigenvalue weighted by molar-refractivity contribution is 6.04. The molecule has 7 nitrogen and oxygen atoms in total. The summed E-state index contributed by atoms with van der Waals surface area (Å²) in [7, 11) is 0. The Morgan fingerprint density at radius 2 is 1.72 bits per heavy atom. The van der Waals surface area contributed by atoms with Crippen LogP contribution in [0.5, 0.6) is 0 Å². The Balaban J connectivity index is 1.17. The van der Waals surface area contributed by atoms with E-state index in [-0.39, 0.29) is 17.4 Å². The van der Waals surface area contributed by atoms with Crippen molar-refractivity contribution in [2.75, 3.05) is 5.32 Å². The van der Waals surface area contributed by atoms with Crippen molar-refractivity contribution < 1.29 is 9.59 Å². The van der Waals surface area contributed by atoms with Gasteiger partial charge in [-0.2, -0.15) is 0 Å². The lowest BCUT2D eigenvalue weighted by atomic mass is 9.63. The van der Waals surface area contributed by atoms with Crippen LogP contribution < -0.4 is 10.6 Å². The van der Waals surface area contributed by atoms with Gasteiger partial charge in [0.15, 0.2) is 0 Å². The SMILES string of the molecule is C=CCC1(NC(=O)c2ccc3nc(-c4ccc(NC(=O)c5ccncc5)cc4)[nH]c3c2)CC2CCC[C@@H](C2)C1. The number of H-pyrrole nitrogens is 1. The molecule has 198 valence electrons. The van der Waals surface area contributed by atoms with E-state index in [0.717, 1.165) is 35.9 Å². The summed E-state index contributed by atoms with van der Waals surface area (Å²) in [6.07, 6.45) is 13.2. The van der Waals surface area contributed by atoms with Crippen LogP contribution in [0.25, 0.3) is 22.4 Å². The Hall–Kier alpha value is -4.26. The van der Waals surface area contributed by atoms with Gasteiger partial charge in [0.25, 0.3) is 11.8 Å². The van der Waals surface area contributed by atoms with Crippen molar-refractivity contribution in [2.45, 2.75) is 50.5 Å². The minimum atomic E-state index is -0.199. The van der Waals surface area contributed by atoms with E-state index in [1.54, 1.807) is 24.5 Å². The quantitative estimate of drug-likeness (QED) is 0.242. The number of amides is 2. The Labute approximate surface area is 228 Å². The summed E-state index contributed by atoms with van der Waals surface area (Å²) in [4.78, 5) is 37.9. The molecule has 2 aliphatic carbocycles. The molecule has 0 saturated heterocycles. The van der Waals surface area contributed by atoms with Crippen molar-refractivity contribution in [3.8, 4) is 11.4 Å². The normalized spacial score (nSPS) is 22.3. The lowest BCUT2D eigenvalue weighted by molar-refractivity contribution is 0.0677. The highest BCUT2D eigenvalue weighted by Gasteiger charge is 2.42. The van der Waals surface area contributed by atoms with Crippen molar-refractivity contribution in [3.05, 3.63) is 90.8 Å². The molecular formula is C32H33N5O2. The molecule has 4 aromatic rings. The Morgan fingerprint density at radius 3 is 2.44 bits per heavy atom. The molecule has 2 unspecified atom stereocenters. The second-order valence-corrected chi connectivity index (χ2v) is 11.1. The van der Waals surface area contributed by atoms with Gasteiger partial charge in [0, 0.05) is 40.3 Å². The van der Waals surface area contributed by atoms with Crippen LogP contribution in [0.1, 0.15) is 65.7 Å². The standard InChI is InChI=1S/C32H33N5O2/c1-2-14-32(19-21-4-3-5-22(17-21)20-32)37-31(39)25-8-11-27-28(18-25)36-29(35-27)23-6-9-26(10-7-23)34-30(38)24-12-15-33-16-13-24/h2,6-13,15-16,18,21-22H,1,3-5,14,17,19-20H2,(H,34,38)(H,35,36)(H,37,39)/t21-,22?,32?/m0/s1. The summed E-state index contributed by atoms with van der Waals surface area (Å²) >= 11 is 0. The van der Waals surface area contributed by atoms with E-state index < -0.39 is 0 Å². The fourth-order valence-corrected chi connectivity index (χ4v) is 6.58. The van der Waals surface area contributed by atoms with Gasteiger partial charge in [-0.3, -0.25) is 14.6 Å². The molecule has 2 aliphatic rings. The summed E-state index contributed by atoms with van der Waals surface area (Å²) in [6.45, 7) is 3.99. The van der Waals surface area contributed by atoms with Crippen LogP contribution in [-0.4, -0.2) is 32.3 Å². The molecule has 2 heterocycles. The van der Waals surface area contributed by atoms with E-state index >= 15 is 0 Å².